The number of sulfonamides is 1. The van der Waals surface area contributed by atoms with E-state index in [0.29, 0.717) is 18.4 Å². The molecule has 2 saturated heterocycles. The molecule has 0 aliphatic carbocycles. The van der Waals surface area contributed by atoms with Gasteiger partial charge in [0, 0.05) is 18.8 Å². The minimum Gasteiger partial charge on any atom is -0.316 e. The predicted octanol–water partition coefficient (Wildman–Crippen LogP) is 0.449. The third-order valence-electron chi connectivity index (χ3n) is 4.17. The molecule has 0 spiro atoms. The van der Waals surface area contributed by atoms with Crippen LogP contribution in [0.2, 0.25) is 0 Å². The van der Waals surface area contributed by atoms with Gasteiger partial charge in [0.1, 0.15) is 10.7 Å². The Balaban J connectivity index is 1.93. The number of rotatable bonds is 2. The number of pyridine rings is 1. The van der Waals surface area contributed by atoms with Gasteiger partial charge in [0.05, 0.1) is 6.20 Å². The van der Waals surface area contributed by atoms with Gasteiger partial charge in [-0.1, -0.05) is 0 Å². The molecule has 0 aromatic carbocycles. The summed E-state index contributed by atoms with van der Waals surface area (Å²) in [6, 6.07) is 0.967. The van der Waals surface area contributed by atoms with Crippen molar-refractivity contribution in [3.05, 3.63) is 24.3 Å². The highest BCUT2D eigenvalue weighted by Crippen LogP contribution is 2.35. The van der Waals surface area contributed by atoms with E-state index < -0.39 is 15.8 Å². The zero-order valence-electron chi connectivity index (χ0n) is 10.6. The summed E-state index contributed by atoms with van der Waals surface area (Å²) in [5, 5.41) is 3.28. The third kappa shape index (κ3) is 2.05. The zero-order valence-corrected chi connectivity index (χ0v) is 11.4. The predicted molar refractivity (Wildman–Crippen MR) is 67.4 cm³/mol. The average Bonchev–Trinajstić information content (AvgIpc) is 2.93. The molecule has 0 radical (unpaired) electrons. The minimum atomic E-state index is -3.65. The Hall–Kier alpha value is -1.05. The van der Waals surface area contributed by atoms with E-state index in [4.69, 9.17) is 0 Å². The zero-order chi connectivity index (χ0) is 13.6. The second-order valence-corrected chi connectivity index (χ2v) is 7.13. The molecule has 3 unspecified atom stereocenters. The molecule has 1 aromatic rings. The van der Waals surface area contributed by atoms with E-state index in [2.05, 4.69) is 10.3 Å². The van der Waals surface area contributed by atoms with E-state index in [0.717, 1.165) is 25.4 Å². The Labute approximate surface area is 111 Å². The number of hydrogen-bond donors (Lipinski definition) is 1. The van der Waals surface area contributed by atoms with Crippen molar-refractivity contribution in [3.8, 4) is 0 Å². The molecule has 3 rings (SSSR count). The molecule has 19 heavy (non-hydrogen) atoms. The minimum absolute atomic E-state index is 0.0618. The van der Waals surface area contributed by atoms with E-state index in [1.54, 1.807) is 0 Å². The lowest BCUT2D eigenvalue weighted by Crippen LogP contribution is -2.38. The van der Waals surface area contributed by atoms with Gasteiger partial charge >= 0.3 is 0 Å². The molecule has 3 heterocycles. The fourth-order valence-electron chi connectivity index (χ4n) is 3.11. The summed E-state index contributed by atoms with van der Waals surface area (Å²) >= 11 is 0. The topological polar surface area (TPSA) is 62.3 Å². The number of hydrogen-bond acceptors (Lipinski definition) is 4. The number of nitrogens with one attached hydrogen (secondary N) is 1. The molecule has 104 valence electrons. The summed E-state index contributed by atoms with van der Waals surface area (Å²) < 4.78 is 39.7. The molecule has 1 aromatic heterocycles. The number of aromatic nitrogens is 1. The average molecular weight is 285 g/mol. The Kier molecular flexibility index (Phi) is 3.07. The van der Waals surface area contributed by atoms with Gasteiger partial charge < -0.3 is 5.32 Å². The van der Waals surface area contributed by atoms with E-state index in [-0.39, 0.29) is 10.9 Å². The SMILES string of the molecule is CC1C2CNCC2CN1S(=O)(=O)c1cncc(F)c1. The molecule has 2 fully saturated rings. The summed E-state index contributed by atoms with van der Waals surface area (Å²) in [5.41, 5.74) is 0. The fourth-order valence-corrected chi connectivity index (χ4v) is 4.82. The highest BCUT2D eigenvalue weighted by molar-refractivity contribution is 7.89. The maximum absolute atomic E-state index is 13.2. The van der Waals surface area contributed by atoms with Crippen LogP contribution in [0.1, 0.15) is 6.92 Å². The molecular formula is C12H16FN3O2S. The van der Waals surface area contributed by atoms with Crippen molar-refractivity contribution in [3.63, 3.8) is 0 Å². The molecule has 0 amide bonds. The molecular weight excluding hydrogens is 269 g/mol. The molecule has 3 atom stereocenters. The Bertz CT molecular complexity index is 592. The largest absolute Gasteiger partial charge is 0.316 e. The smallest absolute Gasteiger partial charge is 0.244 e. The Morgan fingerprint density at radius 2 is 2.21 bits per heavy atom. The van der Waals surface area contributed by atoms with Crippen LogP contribution in [-0.2, 0) is 10.0 Å². The van der Waals surface area contributed by atoms with Crippen LogP contribution in [-0.4, -0.2) is 43.4 Å². The summed E-state index contributed by atoms with van der Waals surface area (Å²) in [6.07, 6.45) is 2.21. The van der Waals surface area contributed by atoms with Crippen molar-refractivity contribution >= 4 is 10.0 Å². The third-order valence-corrected chi connectivity index (χ3v) is 6.08. The van der Waals surface area contributed by atoms with Gasteiger partial charge in [-0.25, -0.2) is 12.8 Å². The highest BCUT2D eigenvalue weighted by atomic mass is 32.2. The first kappa shape index (κ1) is 13.0. The molecule has 5 nitrogen and oxygen atoms in total. The van der Waals surface area contributed by atoms with E-state index in [9.17, 15) is 12.8 Å². The molecule has 2 aliphatic heterocycles. The standard InChI is InChI=1S/C12H16FN3O2S/c1-8-12-6-14-3-9(12)7-16(8)19(17,18)11-2-10(13)4-15-5-11/h2,4-5,8-9,12,14H,3,6-7H2,1H3. The number of fused-ring (bicyclic) bond motifs is 1. The number of nitrogens with zero attached hydrogens (tertiary/aromatic N) is 2. The van der Waals surface area contributed by atoms with Crippen molar-refractivity contribution in [1.29, 1.82) is 0 Å². The first-order valence-corrected chi connectivity index (χ1v) is 7.77. The Morgan fingerprint density at radius 3 is 2.89 bits per heavy atom. The summed E-state index contributed by atoms with van der Waals surface area (Å²) in [4.78, 5) is 3.56. The van der Waals surface area contributed by atoms with Crippen LogP contribution in [0.3, 0.4) is 0 Å². The second-order valence-electron chi connectivity index (χ2n) is 5.24. The first-order valence-electron chi connectivity index (χ1n) is 6.33. The monoisotopic (exact) mass is 285 g/mol. The molecule has 1 N–H and O–H groups in total. The maximum Gasteiger partial charge on any atom is 0.244 e. The van der Waals surface area contributed by atoms with Crippen molar-refractivity contribution in [1.82, 2.24) is 14.6 Å². The van der Waals surface area contributed by atoms with Crippen molar-refractivity contribution in [2.75, 3.05) is 19.6 Å². The lowest BCUT2D eigenvalue weighted by atomic mass is 9.95. The highest BCUT2D eigenvalue weighted by Gasteiger charge is 2.46. The van der Waals surface area contributed by atoms with E-state index >= 15 is 0 Å². The van der Waals surface area contributed by atoms with Crippen LogP contribution in [0, 0.1) is 17.7 Å². The lowest BCUT2D eigenvalue weighted by Gasteiger charge is -2.23. The van der Waals surface area contributed by atoms with Gasteiger partial charge in [0.25, 0.3) is 0 Å². The molecule has 0 saturated carbocycles. The van der Waals surface area contributed by atoms with E-state index in [1.165, 1.54) is 10.5 Å². The number of halogens is 1. The van der Waals surface area contributed by atoms with E-state index in [1.807, 2.05) is 6.92 Å². The van der Waals surface area contributed by atoms with Crippen LogP contribution in [0.5, 0.6) is 0 Å². The van der Waals surface area contributed by atoms with Gasteiger partial charge in [-0.2, -0.15) is 4.31 Å². The fraction of sp³-hybridized carbons (Fsp3) is 0.583. The van der Waals surface area contributed by atoms with Crippen molar-refractivity contribution in [2.45, 2.75) is 17.9 Å². The molecule has 7 heteroatoms. The maximum atomic E-state index is 13.2. The molecule has 2 aliphatic rings. The van der Waals surface area contributed by atoms with Crippen molar-refractivity contribution in [2.24, 2.45) is 11.8 Å². The van der Waals surface area contributed by atoms with Crippen LogP contribution in [0.15, 0.2) is 23.4 Å². The summed E-state index contributed by atoms with van der Waals surface area (Å²) in [6.45, 7) is 4.11. The second kappa shape index (κ2) is 4.50. The quantitative estimate of drug-likeness (QED) is 0.857. The first-order chi connectivity index (χ1) is 9.00. The van der Waals surface area contributed by atoms with Crippen LogP contribution in [0.4, 0.5) is 4.39 Å². The molecule has 0 bridgehead atoms. The van der Waals surface area contributed by atoms with Gasteiger partial charge in [0.15, 0.2) is 0 Å². The normalized spacial score (nSPS) is 31.6. The summed E-state index contributed by atoms with van der Waals surface area (Å²) in [7, 11) is -3.65. The van der Waals surface area contributed by atoms with Crippen LogP contribution < -0.4 is 5.32 Å². The van der Waals surface area contributed by atoms with Crippen LogP contribution >= 0.6 is 0 Å². The van der Waals surface area contributed by atoms with Crippen molar-refractivity contribution < 1.29 is 12.8 Å². The van der Waals surface area contributed by atoms with Crippen LogP contribution in [0.25, 0.3) is 0 Å². The van der Waals surface area contributed by atoms with Gasteiger partial charge in [-0.05, 0) is 37.9 Å². The Morgan fingerprint density at radius 1 is 1.42 bits per heavy atom. The van der Waals surface area contributed by atoms with Gasteiger partial charge in [0.2, 0.25) is 10.0 Å². The lowest BCUT2D eigenvalue weighted by molar-refractivity contribution is 0.360. The van der Waals surface area contributed by atoms with Gasteiger partial charge in [-0.3, -0.25) is 4.98 Å². The summed E-state index contributed by atoms with van der Waals surface area (Å²) in [5.74, 6) is 0.0670. The van der Waals surface area contributed by atoms with Gasteiger partial charge in [-0.15, -0.1) is 0 Å².